The van der Waals surface area contributed by atoms with Crippen molar-refractivity contribution >= 4 is 23.1 Å². The van der Waals surface area contributed by atoms with Gasteiger partial charge in [-0.05, 0) is 36.6 Å². The summed E-state index contributed by atoms with van der Waals surface area (Å²) in [6.07, 6.45) is 2.47. The van der Waals surface area contributed by atoms with Gasteiger partial charge in [0.1, 0.15) is 0 Å². The molecule has 0 bridgehead atoms. The number of thioether (sulfide) groups is 1. The van der Waals surface area contributed by atoms with Crippen LogP contribution in [-0.2, 0) is 5.41 Å². The highest BCUT2D eigenvalue weighted by atomic mass is 32.2. The molecule has 1 aromatic rings. The Bertz CT molecular complexity index is 250. The Balaban J connectivity index is 2.22. The predicted octanol–water partition coefficient (Wildman–Crippen LogP) is 2.47. The molecular formula is C10H15NS2. The van der Waals surface area contributed by atoms with Crippen LogP contribution >= 0.6 is 23.1 Å². The summed E-state index contributed by atoms with van der Waals surface area (Å²) < 4.78 is 0. The molecule has 2 heterocycles. The molecule has 13 heavy (non-hydrogen) atoms. The molecule has 1 fully saturated rings. The largest absolute Gasteiger partial charge is 0.330 e. The maximum absolute atomic E-state index is 5.69. The fourth-order valence-electron chi connectivity index (χ4n) is 1.98. The molecular weight excluding hydrogens is 198 g/mol. The molecule has 1 atom stereocenters. The lowest BCUT2D eigenvalue weighted by atomic mass is 9.82. The van der Waals surface area contributed by atoms with E-state index in [1.165, 1.54) is 17.9 Å². The highest BCUT2D eigenvalue weighted by Crippen LogP contribution is 2.43. The molecule has 0 aromatic carbocycles. The van der Waals surface area contributed by atoms with E-state index in [0.29, 0.717) is 5.41 Å². The number of hydrogen-bond acceptors (Lipinski definition) is 3. The summed E-state index contributed by atoms with van der Waals surface area (Å²) in [5, 5.41) is 2.18. The minimum absolute atomic E-state index is 0.424. The van der Waals surface area contributed by atoms with E-state index in [2.05, 4.69) is 29.3 Å². The molecule has 0 spiro atoms. The topological polar surface area (TPSA) is 26.0 Å². The number of hydrogen-bond donors (Lipinski definition) is 1. The molecule has 1 unspecified atom stereocenters. The van der Waals surface area contributed by atoms with Crippen molar-refractivity contribution in [2.45, 2.75) is 18.3 Å². The van der Waals surface area contributed by atoms with E-state index in [1.54, 1.807) is 4.88 Å². The summed E-state index contributed by atoms with van der Waals surface area (Å²) in [6.45, 7) is 0.818. The Labute approximate surface area is 87.7 Å². The maximum Gasteiger partial charge on any atom is 0.0157 e. The zero-order valence-corrected chi connectivity index (χ0v) is 9.29. The van der Waals surface area contributed by atoms with Crippen LogP contribution in [0.2, 0.25) is 0 Å². The molecule has 1 nitrogen and oxygen atoms in total. The molecule has 1 aromatic heterocycles. The zero-order valence-electron chi connectivity index (χ0n) is 7.66. The van der Waals surface area contributed by atoms with Gasteiger partial charge in [-0.1, -0.05) is 6.07 Å². The van der Waals surface area contributed by atoms with E-state index in [0.717, 1.165) is 13.0 Å². The van der Waals surface area contributed by atoms with Gasteiger partial charge in [0.15, 0.2) is 0 Å². The fourth-order valence-corrected chi connectivity index (χ4v) is 4.57. The monoisotopic (exact) mass is 213 g/mol. The van der Waals surface area contributed by atoms with Crippen LogP contribution in [0.1, 0.15) is 17.7 Å². The molecule has 0 aliphatic carbocycles. The quantitative estimate of drug-likeness (QED) is 0.835. The molecule has 3 heteroatoms. The number of nitrogens with two attached hydrogens (primary N) is 1. The lowest BCUT2D eigenvalue weighted by molar-refractivity contribution is 0.461. The zero-order chi connectivity index (χ0) is 9.15. The SMILES string of the molecule is NCCC1(c2cccs2)CCSC1. The molecule has 72 valence electrons. The second-order valence-corrected chi connectivity index (χ2v) is 5.65. The standard InChI is InChI=1S/C10H15NS2/c11-5-3-10(4-7-12-8-10)9-2-1-6-13-9/h1-2,6H,3-5,7-8,11H2. The van der Waals surface area contributed by atoms with Gasteiger partial charge in [-0.3, -0.25) is 0 Å². The Morgan fingerprint density at radius 2 is 2.46 bits per heavy atom. The first kappa shape index (κ1) is 9.56. The van der Waals surface area contributed by atoms with Crippen LogP contribution in [0.25, 0.3) is 0 Å². The normalized spacial score (nSPS) is 28.1. The Morgan fingerprint density at radius 1 is 1.54 bits per heavy atom. The Kier molecular flexibility index (Phi) is 2.96. The third-order valence-electron chi connectivity index (χ3n) is 2.77. The van der Waals surface area contributed by atoms with Crippen molar-refractivity contribution in [3.8, 4) is 0 Å². The minimum Gasteiger partial charge on any atom is -0.330 e. The van der Waals surface area contributed by atoms with Crippen molar-refractivity contribution < 1.29 is 0 Å². The Hall–Kier alpha value is 0.01000. The van der Waals surface area contributed by atoms with Crippen LogP contribution < -0.4 is 5.73 Å². The van der Waals surface area contributed by atoms with Crippen molar-refractivity contribution in [2.24, 2.45) is 5.73 Å². The van der Waals surface area contributed by atoms with Gasteiger partial charge in [0.25, 0.3) is 0 Å². The second kappa shape index (κ2) is 4.03. The molecule has 1 saturated heterocycles. The van der Waals surface area contributed by atoms with E-state index in [1.807, 2.05) is 11.3 Å². The van der Waals surface area contributed by atoms with Crippen molar-refractivity contribution in [3.63, 3.8) is 0 Å². The van der Waals surface area contributed by atoms with E-state index in [-0.39, 0.29) is 0 Å². The van der Waals surface area contributed by atoms with Crippen LogP contribution in [0.5, 0.6) is 0 Å². The fraction of sp³-hybridized carbons (Fsp3) is 0.600. The third-order valence-corrected chi connectivity index (χ3v) is 5.14. The van der Waals surface area contributed by atoms with E-state index >= 15 is 0 Å². The van der Waals surface area contributed by atoms with Gasteiger partial charge in [0.05, 0.1) is 0 Å². The summed E-state index contributed by atoms with van der Waals surface area (Å²) in [6, 6.07) is 4.42. The van der Waals surface area contributed by atoms with Gasteiger partial charge in [0, 0.05) is 16.0 Å². The molecule has 1 aliphatic rings. The van der Waals surface area contributed by atoms with Crippen molar-refractivity contribution in [3.05, 3.63) is 22.4 Å². The smallest absolute Gasteiger partial charge is 0.0157 e. The first-order valence-corrected chi connectivity index (χ1v) is 6.73. The number of thiophene rings is 1. The van der Waals surface area contributed by atoms with Gasteiger partial charge in [-0.25, -0.2) is 0 Å². The van der Waals surface area contributed by atoms with Crippen molar-refractivity contribution in [1.29, 1.82) is 0 Å². The van der Waals surface area contributed by atoms with Crippen molar-refractivity contribution in [1.82, 2.24) is 0 Å². The summed E-state index contributed by atoms with van der Waals surface area (Å²) >= 11 is 3.96. The van der Waals surface area contributed by atoms with Crippen LogP contribution in [0.3, 0.4) is 0 Å². The number of rotatable bonds is 3. The Morgan fingerprint density at radius 3 is 3.00 bits per heavy atom. The summed E-state index contributed by atoms with van der Waals surface area (Å²) in [5.41, 5.74) is 6.12. The van der Waals surface area contributed by atoms with Crippen LogP contribution in [0, 0.1) is 0 Å². The first-order chi connectivity index (χ1) is 6.37. The minimum atomic E-state index is 0.424. The van der Waals surface area contributed by atoms with Crippen LogP contribution in [0.15, 0.2) is 17.5 Å². The van der Waals surface area contributed by atoms with Gasteiger partial charge in [0.2, 0.25) is 0 Å². The summed E-state index contributed by atoms with van der Waals surface area (Å²) in [4.78, 5) is 1.54. The predicted molar refractivity (Wildman–Crippen MR) is 61.6 cm³/mol. The van der Waals surface area contributed by atoms with E-state index in [4.69, 9.17) is 5.73 Å². The third kappa shape index (κ3) is 1.78. The second-order valence-electron chi connectivity index (χ2n) is 3.60. The summed E-state index contributed by atoms with van der Waals surface area (Å²) in [5.74, 6) is 2.57. The maximum atomic E-state index is 5.69. The van der Waals surface area contributed by atoms with Crippen LogP contribution in [-0.4, -0.2) is 18.1 Å². The molecule has 1 aliphatic heterocycles. The lowest BCUT2D eigenvalue weighted by Gasteiger charge is -2.26. The van der Waals surface area contributed by atoms with Gasteiger partial charge in [-0.15, -0.1) is 11.3 Å². The first-order valence-electron chi connectivity index (χ1n) is 4.69. The van der Waals surface area contributed by atoms with Gasteiger partial charge in [-0.2, -0.15) is 11.8 Å². The lowest BCUT2D eigenvalue weighted by Crippen LogP contribution is -2.27. The van der Waals surface area contributed by atoms with Crippen LogP contribution in [0.4, 0.5) is 0 Å². The molecule has 2 rings (SSSR count). The van der Waals surface area contributed by atoms with Gasteiger partial charge < -0.3 is 5.73 Å². The van der Waals surface area contributed by atoms with E-state index in [9.17, 15) is 0 Å². The van der Waals surface area contributed by atoms with Crippen molar-refractivity contribution in [2.75, 3.05) is 18.1 Å². The molecule has 0 saturated carbocycles. The highest BCUT2D eigenvalue weighted by molar-refractivity contribution is 7.99. The highest BCUT2D eigenvalue weighted by Gasteiger charge is 2.35. The summed E-state index contributed by atoms with van der Waals surface area (Å²) in [7, 11) is 0. The van der Waals surface area contributed by atoms with Gasteiger partial charge >= 0.3 is 0 Å². The molecule has 0 radical (unpaired) electrons. The molecule has 0 amide bonds. The average molecular weight is 213 g/mol. The molecule has 2 N–H and O–H groups in total. The average Bonchev–Trinajstić information content (AvgIpc) is 2.73. The van der Waals surface area contributed by atoms with E-state index < -0.39 is 0 Å².